The van der Waals surface area contributed by atoms with Gasteiger partial charge in [0.05, 0.1) is 33.7 Å². The second-order valence-corrected chi connectivity index (χ2v) is 8.08. The first-order valence-corrected chi connectivity index (χ1v) is 10.6. The highest BCUT2D eigenvalue weighted by Crippen LogP contribution is 2.24. The highest BCUT2D eigenvalue weighted by Gasteiger charge is 2.24. The molecule has 4 rings (SSSR count). The van der Waals surface area contributed by atoms with Crippen molar-refractivity contribution in [1.82, 2.24) is 14.9 Å². The summed E-state index contributed by atoms with van der Waals surface area (Å²) in [5.41, 5.74) is 2.70. The maximum absolute atomic E-state index is 12.7. The maximum atomic E-state index is 12.7. The van der Waals surface area contributed by atoms with Crippen molar-refractivity contribution in [2.75, 3.05) is 37.7 Å². The van der Waals surface area contributed by atoms with E-state index in [0.717, 1.165) is 11.4 Å². The van der Waals surface area contributed by atoms with Crippen LogP contribution < -0.4 is 4.90 Å². The monoisotopic (exact) mass is 442 g/mol. The van der Waals surface area contributed by atoms with E-state index in [4.69, 9.17) is 21.7 Å². The van der Waals surface area contributed by atoms with Crippen molar-refractivity contribution < 1.29 is 15.0 Å². The molecule has 0 aliphatic carbocycles. The molecule has 9 heteroatoms. The Hall–Kier alpha value is -2.70. The van der Waals surface area contributed by atoms with Crippen molar-refractivity contribution in [2.24, 2.45) is 0 Å². The van der Waals surface area contributed by atoms with E-state index in [2.05, 4.69) is 21.7 Å². The molecule has 0 unspecified atom stereocenters. The Kier molecular flexibility index (Phi) is 6.16. The lowest BCUT2D eigenvalue weighted by Gasteiger charge is -2.35. The third-order valence-corrected chi connectivity index (χ3v) is 6.14. The number of fused-ring (bicyclic) bond motifs is 1. The van der Waals surface area contributed by atoms with E-state index in [1.54, 1.807) is 29.8 Å². The third kappa shape index (κ3) is 4.25. The molecule has 7 nitrogen and oxygen atoms in total. The summed E-state index contributed by atoms with van der Waals surface area (Å²) in [5.74, 6) is 6.14. The van der Waals surface area contributed by atoms with Gasteiger partial charge in [-0.05, 0) is 29.1 Å². The summed E-state index contributed by atoms with van der Waals surface area (Å²) in [7, 11) is 0. The number of aromatic nitrogens is 2. The van der Waals surface area contributed by atoms with E-state index in [1.807, 2.05) is 4.90 Å². The third-order valence-electron chi connectivity index (χ3n) is 4.86. The van der Waals surface area contributed by atoms with Crippen molar-refractivity contribution >= 4 is 45.7 Å². The van der Waals surface area contributed by atoms with Gasteiger partial charge in [-0.25, -0.2) is 4.98 Å². The minimum Gasteiger partial charge on any atom is -0.392 e. The van der Waals surface area contributed by atoms with Crippen LogP contribution in [0.5, 0.6) is 0 Å². The summed E-state index contributed by atoms with van der Waals surface area (Å²) in [6.45, 7) is 2.16. The number of carbonyl (C=O) groups excluding carboxylic acids is 1. The van der Waals surface area contributed by atoms with Gasteiger partial charge in [-0.3, -0.25) is 9.78 Å². The average molecular weight is 443 g/mol. The molecular formula is C21H19ClN4O3S. The summed E-state index contributed by atoms with van der Waals surface area (Å²) in [6.07, 6.45) is 1.71. The zero-order valence-corrected chi connectivity index (χ0v) is 17.6. The van der Waals surface area contributed by atoms with Crippen LogP contribution in [0.15, 0.2) is 29.8 Å². The molecule has 0 spiro atoms. The summed E-state index contributed by atoms with van der Waals surface area (Å²) in [4.78, 5) is 26.4. The molecule has 3 heterocycles. The number of thiophene rings is 1. The maximum Gasteiger partial charge on any atom is 0.264 e. The van der Waals surface area contributed by atoms with E-state index < -0.39 is 0 Å². The van der Waals surface area contributed by atoms with Crippen LogP contribution in [0.4, 0.5) is 5.82 Å². The van der Waals surface area contributed by atoms with Gasteiger partial charge in [-0.15, -0.1) is 11.3 Å². The Morgan fingerprint density at radius 3 is 2.67 bits per heavy atom. The molecule has 1 amide bonds. The first kappa shape index (κ1) is 20.6. The molecule has 0 radical (unpaired) electrons. The lowest BCUT2D eigenvalue weighted by molar-refractivity contribution is 0.0751. The minimum absolute atomic E-state index is 0.00862. The van der Waals surface area contributed by atoms with Gasteiger partial charge in [0.1, 0.15) is 12.4 Å². The molecule has 1 aliphatic rings. The molecule has 2 aromatic heterocycles. The molecule has 2 N–H and O–H groups in total. The Bertz CT molecular complexity index is 1150. The zero-order valence-electron chi connectivity index (χ0n) is 16.0. The Balaban J connectivity index is 1.48. The van der Waals surface area contributed by atoms with Crippen LogP contribution in [-0.2, 0) is 6.61 Å². The number of halogens is 1. The molecule has 1 aromatic carbocycles. The summed E-state index contributed by atoms with van der Waals surface area (Å²) in [6, 6.07) is 5.23. The second kappa shape index (κ2) is 8.98. The number of hydrogen-bond donors (Lipinski definition) is 2. The number of rotatable bonds is 3. The lowest BCUT2D eigenvalue weighted by atomic mass is 10.2. The van der Waals surface area contributed by atoms with E-state index in [9.17, 15) is 9.90 Å². The molecule has 1 fully saturated rings. The van der Waals surface area contributed by atoms with Crippen LogP contribution in [0.25, 0.3) is 11.0 Å². The van der Waals surface area contributed by atoms with Gasteiger partial charge >= 0.3 is 0 Å². The van der Waals surface area contributed by atoms with Gasteiger partial charge in [-0.2, -0.15) is 0 Å². The molecule has 1 saturated heterocycles. The van der Waals surface area contributed by atoms with Gasteiger partial charge in [0.2, 0.25) is 0 Å². The fourth-order valence-electron chi connectivity index (χ4n) is 3.27. The topological polar surface area (TPSA) is 89.8 Å². The number of benzene rings is 1. The van der Waals surface area contributed by atoms with Crippen molar-refractivity contribution in [3.63, 3.8) is 0 Å². The number of aliphatic hydroxyl groups excluding tert-OH is 2. The highest BCUT2D eigenvalue weighted by molar-refractivity contribution is 7.12. The SMILES string of the molecule is O=C(c1cc(CO)cs1)N1CCN(c2cnc3cc(Cl)c(C#CCO)cc3n2)CC1. The van der Waals surface area contributed by atoms with Crippen molar-refractivity contribution in [1.29, 1.82) is 0 Å². The number of amides is 1. The molecule has 1 aliphatic heterocycles. The molecule has 0 bridgehead atoms. The van der Waals surface area contributed by atoms with Gasteiger partial charge < -0.3 is 20.0 Å². The Morgan fingerprint density at radius 1 is 1.17 bits per heavy atom. The first-order valence-electron chi connectivity index (χ1n) is 9.37. The fraction of sp³-hybridized carbons (Fsp3) is 0.286. The molecule has 3 aromatic rings. The number of carbonyl (C=O) groups is 1. The summed E-state index contributed by atoms with van der Waals surface area (Å²) < 4.78 is 0. The summed E-state index contributed by atoms with van der Waals surface area (Å²) >= 11 is 7.58. The van der Waals surface area contributed by atoms with Gasteiger partial charge in [0.15, 0.2) is 0 Å². The highest BCUT2D eigenvalue weighted by atomic mass is 35.5. The quantitative estimate of drug-likeness (QED) is 0.604. The number of nitrogens with zero attached hydrogens (tertiary/aromatic N) is 4. The van der Waals surface area contributed by atoms with Crippen LogP contribution in [0.2, 0.25) is 5.02 Å². The van der Waals surface area contributed by atoms with Gasteiger partial charge in [0, 0.05) is 31.7 Å². The normalized spacial score (nSPS) is 14.0. The van der Waals surface area contributed by atoms with Crippen molar-refractivity contribution in [3.8, 4) is 11.8 Å². The Morgan fingerprint density at radius 2 is 1.97 bits per heavy atom. The van der Waals surface area contributed by atoms with Crippen LogP contribution in [0, 0.1) is 11.8 Å². The van der Waals surface area contributed by atoms with E-state index in [0.29, 0.717) is 52.7 Å². The van der Waals surface area contributed by atoms with Crippen LogP contribution in [-0.4, -0.2) is 63.8 Å². The second-order valence-electron chi connectivity index (χ2n) is 6.77. The van der Waals surface area contributed by atoms with Crippen LogP contribution in [0.3, 0.4) is 0 Å². The average Bonchev–Trinajstić information content (AvgIpc) is 3.26. The fourth-order valence-corrected chi connectivity index (χ4v) is 4.35. The largest absolute Gasteiger partial charge is 0.392 e. The standard InChI is InChI=1S/C21H19ClN4O3S/c22-16-10-17-18(9-15(16)2-1-7-27)24-20(11-23-17)25-3-5-26(6-4-25)21(29)19-8-14(12-28)13-30-19/h8-11,13,27-28H,3-7,12H2. The number of hydrogen-bond acceptors (Lipinski definition) is 7. The minimum atomic E-state index is -0.240. The van der Waals surface area contributed by atoms with Crippen LogP contribution in [0.1, 0.15) is 20.8 Å². The molecule has 30 heavy (non-hydrogen) atoms. The predicted molar refractivity (Wildman–Crippen MR) is 117 cm³/mol. The van der Waals surface area contributed by atoms with Crippen LogP contribution >= 0.6 is 22.9 Å². The molecule has 0 atom stereocenters. The lowest BCUT2D eigenvalue weighted by Crippen LogP contribution is -2.48. The zero-order chi connectivity index (χ0) is 21.1. The molecular weight excluding hydrogens is 424 g/mol. The Labute approximate surface area is 182 Å². The predicted octanol–water partition coefficient (Wildman–Crippen LogP) is 2.14. The molecule has 154 valence electrons. The summed E-state index contributed by atoms with van der Waals surface area (Å²) in [5, 5.41) is 20.4. The number of piperazine rings is 1. The van der Waals surface area contributed by atoms with Crippen molar-refractivity contribution in [3.05, 3.63) is 50.8 Å². The van der Waals surface area contributed by atoms with Crippen molar-refractivity contribution in [2.45, 2.75) is 6.61 Å². The first-order chi connectivity index (χ1) is 14.6. The van der Waals surface area contributed by atoms with Gasteiger partial charge in [-0.1, -0.05) is 23.4 Å². The van der Waals surface area contributed by atoms with E-state index >= 15 is 0 Å². The van der Waals surface area contributed by atoms with Gasteiger partial charge in [0.25, 0.3) is 5.91 Å². The van der Waals surface area contributed by atoms with E-state index in [1.165, 1.54) is 11.3 Å². The number of anilines is 1. The van der Waals surface area contributed by atoms with E-state index in [-0.39, 0.29) is 19.1 Å². The smallest absolute Gasteiger partial charge is 0.264 e. The number of aliphatic hydroxyl groups is 2. The molecule has 0 saturated carbocycles.